The molecule has 2 aromatic carbocycles. The van der Waals surface area contributed by atoms with Gasteiger partial charge in [0.2, 0.25) is 0 Å². The number of carbonyl (C=O) groups excluding carboxylic acids is 1. The van der Waals surface area contributed by atoms with Gasteiger partial charge in [-0.05, 0) is 36.4 Å². The average Bonchev–Trinajstić information content (AvgIpc) is 3.09. The molecule has 0 aliphatic heterocycles. The first-order chi connectivity index (χ1) is 11.7. The number of hydrogen-bond acceptors (Lipinski definition) is 5. The second-order valence-corrected chi connectivity index (χ2v) is 5.77. The standard InChI is InChI=1S/C18H16N2O3S/c1-22-14-9-7-13(8-10-14)16-12-24-18(19-16)20-17(21)11-23-15-5-3-2-4-6-15/h2-10,12H,11H2,1H3,(H,19,20,21). The van der Waals surface area contributed by atoms with Crippen molar-refractivity contribution >= 4 is 22.4 Å². The lowest BCUT2D eigenvalue weighted by atomic mass is 10.2. The second-order valence-electron chi connectivity index (χ2n) is 4.92. The van der Waals surface area contributed by atoms with Crippen LogP contribution in [0.4, 0.5) is 5.13 Å². The minimum absolute atomic E-state index is 0.0541. The molecule has 0 atom stereocenters. The number of hydrogen-bond donors (Lipinski definition) is 1. The molecule has 1 amide bonds. The number of amides is 1. The summed E-state index contributed by atoms with van der Waals surface area (Å²) in [6, 6.07) is 16.8. The van der Waals surface area contributed by atoms with Crippen LogP contribution in [-0.2, 0) is 4.79 Å². The molecule has 0 radical (unpaired) electrons. The third-order valence-corrected chi connectivity index (χ3v) is 4.01. The van der Waals surface area contributed by atoms with Crippen molar-refractivity contribution in [3.05, 3.63) is 60.0 Å². The average molecular weight is 340 g/mol. The quantitative estimate of drug-likeness (QED) is 0.741. The Morgan fingerprint density at radius 1 is 1.08 bits per heavy atom. The van der Waals surface area contributed by atoms with Crippen molar-refractivity contribution in [1.29, 1.82) is 0 Å². The van der Waals surface area contributed by atoms with Crippen LogP contribution in [0, 0.1) is 0 Å². The highest BCUT2D eigenvalue weighted by Crippen LogP contribution is 2.26. The first-order valence-electron chi connectivity index (χ1n) is 7.32. The van der Waals surface area contributed by atoms with Crippen LogP contribution in [0.5, 0.6) is 11.5 Å². The molecule has 0 saturated heterocycles. The van der Waals surface area contributed by atoms with Crippen molar-refractivity contribution < 1.29 is 14.3 Å². The molecule has 122 valence electrons. The SMILES string of the molecule is COc1ccc(-c2csc(NC(=O)COc3ccccc3)n2)cc1. The number of carbonyl (C=O) groups is 1. The Morgan fingerprint density at radius 3 is 2.54 bits per heavy atom. The van der Waals surface area contributed by atoms with Crippen LogP contribution in [0.25, 0.3) is 11.3 Å². The van der Waals surface area contributed by atoms with Crippen molar-refractivity contribution in [3.63, 3.8) is 0 Å². The first kappa shape index (κ1) is 16.0. The molecule has 1 aromatic heterocycles. The van der Waals surface area contributed by atoms with Gasteiger partial charge in [-0.2, -0.15) is 0 Å². The molecule has 5 nitrogen and oxygen atoms in total. The summed E-state index contributed by atoms with van der Waals surface area (Å²) in [5.74, 6) is 1.21. The number of rotatable bonds is 6. The van der Waals surface area contributed by atoms with Crippen LogP contribution in [0.2, 0.25) is 0 Å². The number of nitrogens with zero attached hydrogens (tertiary/aromatic N) is 1. The Labute approximate surface area is 143 Å². The number of anilines is 1. The van der Waals surface area contributed by atoms with Crippen LogP contribution in [0.1, 0.15) is 0 Å². The molecule has 1 heterocycles. The van der Waals surface area contributed by atoms with Gasteiger partial charge in [-0.25, -0.2) is 4.98 Å². The van der Waals surface area contributed by atoms with Crippen LogP contribution >= 0.6 is 11.3 Å². The lowest BCUT2D eigenvalue weighted by Gasteiger charge is -2.05. The smallest absolute Gasteiger partial charge is 0.264 e. The predicted octanol–water partition coefficient (Wildman–Crippen LogP) is 3.84. The van der Waals surface area contributed by atoms with Crippen LogP contribution < -0.4 is 14.8 Å². The van der Waals surface area contributed by atoms with Gasteiger partial charge < -0.3 is 9.47 Å². The molecule has 6 heteroatoms. The van der Waals surface area contributed by atoms with Crippen LogP contribution in [0.3, 0.4) is 0 Å². The molecular weight excluding hydrogens is 324 g/mol. The monoisotopic (exact) mass is 340 g/mol. The fourth-order valence-electron chi connectivity index (χ4n) is 2.05. The van der Waals surface area contributed by atoms with Gasteiger partial charge >= 0.3 is 0 Å². The Morgan fingerprint density at radius 2 is 1.83 bits per heavy atom. The number of para-hydroxylation sites is 1. The highest BCUT2D eigenvalue weighted by molar-refractivity contribution is 7.14. The molecule has 3 aromatic rings. The van der Waals surface area contributed by atoms with Gasteiger partial charge in [0.25, 0.3) is 5.91 Å². The van der Waals surface area contributed by atoms with E-state index in [2.05, 4.69) is 10.3 Å². The zero-order chi connectivity index (χ0) is 16.8. The second kappa shape index (κ2) is 7.61. The van der Waals surface area contributed by atoms with E-state index in [1.165, 1.54) is 11.3 Å². The zero-order valence-electron chi connectivity index (χ0n) is 13.1. The van der Waals surface area contributed by atoms with E-state index in [0.29, 0.717) is 10.9 Å². The third-order valence-electron chi connectivity index (χ3n) is 3.25. The van der Waals surface area contributed by atoms with Gasteiger partial charge in [0.15, 0.2) is 11.7 Å². The highest BCUT2D eigenvalue weighted by Gasteiger charge is 2.09. The molecule has 0 bridgehead atoms. The lowest BCUT2D eigenvalue weighted by molar-refractivity contribution is -0.118. The lowest BCUT2D eigenvalue weighted by Crippen LogP contribution is -2.19. The van der Waals surface area contributed by atoms with Gasteiger partial charge in [0.05, 0.1) is 12.8 Å². The van der Waals surface area contributed by atoms with Crippen molar-refractivity contribution in [2.24, 2.45) is 0 Å². The Kier molecular flexibility index (Phi) is 5.08. The molecule has 0 saturated carbocycles. The van der Waals surface area contributed by atoms with Crippen LogP contribution in [-0.4, -0.2) is 24.6 Å². The van der Waals surface area contributed by atoms with E-state index in [0.717, 1.165) is 17.0 Å². The number of aromatic nitrogens is 1. The van der Waals surface area contributed by atoms with Crippen molar-refractivity contribution in [3.8, 4) is 22.8 Å². The number of nitrogens with one attached hydrogen (secondary N) is 1. The summed E-state index contributed by atoms with van der Waals surface area (Å²) in [7, 11) is 1.63. The summed E-state index contributed by atoms with van der Waals surface area (Å²) < 4.78 is 10.5. The summed E-state index contributed by atoms with van der Waals surface area (Å²) in [6.45, 7) is -0.0541. The normalized spacial score (nSPS) is 10.2. The topological polar surface area (TPSA) is 60.5 Å². The summed E-state index contributed by atoms with van der Waals surface area (Å²) in [5.41, 5.74) is 1.77. The van der Waals surface area contributed by atoms with E-state index in [-0.39, 0.29) is 12.5 Å². The van der Waals surface area contributed by atoms with E-state index < -0.39 is 0 Å². The Balaban J connectivity index is 1.58. The number of benzene rings is 2. The van der Waals surface area contributed by atoms with Gasteiger partial charge in [-0.1, -0.05) is 18.2 Å². The van der Waals surface area contributed by atoms with Crippen molar-refractivity contribution in [2.45, 2.75) is 0 Å². The summed E-state index contributed by atoms with van der Waals surface area (Å²) >= 11 is 1.37. The third kappa shape index (κ3) is 4.11. The first-order valence-corrected chi connectivity index (χ1v) is 8.20. The molecule has 0 unspecified atom stereocenters. The maximum Gasteiger partial charge on any atom is 0.264 e. The molecule has 1 N–H and O–H groups in total. The molecule has 0 fully saturated rings. The van der Waals surface area contributed by atoms with E-state index >= 15 is 0 Å². The number of thiazole rings is 1. The molecule has 3 rings (SSSR count). The van der Waals surface area contributed by atoms with Crippen molar-refractivity contribution in [2.75, 3.05) is 19.0 Å². The number of methoxy groups -OCH3 is 1. The Hall–Kier alpha value is -2.86. The zero-order valence-corrected chi connectivity index (χ0v) is 13.9. The minimum Gasteiger partial charge on any atom is -0.497 e. The Bertz CT molecular complexity index is 801. The fourth-order valence-corrected chi connectivity index (χ4v) is 2.78. The predicted molar refractivity (Wildman–Crippen MR) is 94.7 cm³/mol. The van der Waals surface area contributed by atoms with Gasteiger partial charge in [-0.3, -0.25) is 10.1 Å². The maximum atomic E-state index is 11.9. The molecule has 0 aliphatic rings. The fraction of sp³-hybridized carbons (Fsp3) is 0.111. The molecule has 24 heavy (non-hydrogen) atoms. The minimum atomic E-state index is -0.241. The van der Waals surface area contributed by atoms with E-state index in [1.807, 2.05) is 47.8 Å². The molecular formula is C18H16N2O3S. The van der Waals surface area contributed by atoms with Gasteiger partial charge in [0, 0.05) is 10.9 Å². The van der Waals surface area contributed by atoms with Gasteiger partial charge in [0.1, 0.15) is 11.5 Å². The maximum absolute atomic E-state index is 11.9. The number of ether oxygens (including phenoxy) is 2. The highest BCUT2D eigenvalue weighted by atomic mass is 32.1. The summed E-state index contributed by atoms with van der Waals surface area (Å²) in [4.78, 5) is 16.4. The summed E-state index contributed by atoms with van der Waals surface area (Å²) in [6.07, 6.45) is 0. The molecule has 0 aliphatic carbocycles. The van der Waals surface area contributed by atoms with E-state index in [9.17, 15) is 4.79 Å². The largest absolute Gasteiger partial charge is 0.497 e. The van der Waals surface area contributed by atoms with Gasteiger partial charge in [-0.15, -0.1) is 11.3 Å². The van der Waals surface area contributed by atoms with Crippen molar-refractivity contribution in [1.82, 2.24) is 4.98 Å². The summed E-state index contributed by atoms with van der Waals surface area (Å²) in [5, 5.41) is 5.19. The van der Waals surface area contributed by atoms with E-state index in [1.54, 1.807) is 19.2 Å². The molecule has 0 spiro atoms. The van der Waals surface area contributed by atoms with Crippen LogP contribution in [0.15, 0.2) is 60.0 Å². The van der Waals surface area contributed by atoms with E-state index in [4.69, 9.17) is 9.47 Å².